The highest BCUT2D eigenvalue weighted by Crippen LogP contribution is 2.23. The minimum atomic E-state index is -0.779. The predicted molar refractivity (Wildman–Crippen MR) is 126 cm³/mol. The van der Waals surface area contributed by atoms with Gasteiger partial charge in [0, 0.05) is 11.1 Å². The van der Waals surface area contributed by atoms with Crippen molar-refractivity contribution >= 4 is 46.0 Å². The molecule has 0 bridgehead atoms. The lowest BCUT2D eigenvalue weighted by Gasteiger charge is -2.10. The largest absolute Gasteiger partial charge is 0.306 e. The number of amides is 1. The number of hydrogen-bond acceptors (Lipinski definition) is 5. The van der Waals surface area contributed by atoms with Gasteiger partial charge < -0.3 is 5.32 Å². The Hall–Kier alpha value is -4.02. The Balaban J connectivity index is 1.60. The molecule has 0 aliphatic rings. The van der Waals surface area contributed by atoms with Crippen molar-refractivity contribution in [1.82, 2.24) is 29.5 Å². The molecule has 0 spiro atoms. The highest BCUT2D eigenvalue weighted by molar-refractivity contribution is 6.34. The van der Waals surface area contributed by atoms with Gasteiger partial charge in [0.05, 0.1) is 28.2 Å². The summed E-state index contributed by atoms with van der Waals surface area (Å²) in [7, 11) is 0. The molecule has 3 heterocycles. The van der Waals surface area contributed by atoms with E-state index in [2.05, 4.69) is 25.5 Å². The minimum absolute atomic E-state index is 0.0243. The zero-order valence-electron chi connectivity index (χ0n) is 17.4. The van der Waals surface area contributed by atoms with Crippen molar-refractivity contribution in [1.29, 1.82) is 0 Å². The predicted octanol–water partition coefficient (Wildman–Crippen LogP) is 4.30. The van der Waals surface area contributed by atoms with Crippen LogP contribution < -0.4 is 10.9 Å². The number of anilines is 1. The molecule has 0 aliphatic carbocycles. The van der Waals surface area contributed by atoms with Crippen LogP contribution in [-0.2, 0) is 0 Å². The van der Waals surface area contributed by atoms with Gasteiger partial charge in [-0.25, -0.2) is 9.07 Å². The average molecular weight is 498 g/mol. The summed E-state index contributed by atoms with van der Waals surface area (Å²) in [5.74, 6) is -1.37. The second-order valence-electron chi connectivity index (χ2n) is 7.29. The van der Waals surface area contributed by atoms with Gasteiger partial charge >= 0.3 is 0 Å². The van der Waals surface area contributed by atoms with Gasteiger partial charge in [0.2, 0.25) is 5.95 Å². The molecule has 0 saturated heterocycles. The minimum Gasteiger partial charge on any atom is -0.306 e. The van der Waals surface area contributed by atoms with Crippen molar-refractivity contribution in [3.05, 3.63) is 92.2 Å². The van der Waals surface area contributed by atoms with Gasteiger partial charge in [0.1, 0.15) is 17.0 Å². The van der Waals surface area contributed by atoms with Gasteiger partial charge in [-0.1, -0.05) is 29.3 Å². The van der Waals surface area contributed by atoms with Crippen molar-refractivity contribution in [2.24, 2.45) is 0 Å². The quantitative estimate of drug-likeness (QED) is 0.384. The van der Waals surface area contributed by atoms with E-state index in [0.717, 1.165) is 6.07 Å². The number of benzene rings is 2. The summed E-state index contributed by atoms with van der Waals surface area (Å²) in [6.07, 6.45) is 1.40. The van der Waals surface area contributed by atoms with Crippen LogP contribution in [0, 0.1) is 12.7 Å². The second kappa shape index (κ2) is 8.40. The van der Waals surface area contributed by atoms with E-state index in [1.807, 2.05) is 0 Å². The van der Waals surface area contributed by atoms with Crippen LogP contribution in [0.4, 0.5) is 10.2 Å². The van der Waals surface area contributed by atoms with Crippen molar-refractivity contribution < 1.29 is 9.18 Å². The van der Waals surface area contributed by atoms with E-state index in [0.29, 0.717) is 16.4 Å². The number of nitrogens with one attached hydrogen (secondary N) is 2. The number of fused-ring (bicyclic) bond motifs is 1. The third kappa shape index (κ3) is 3.82. The lowest BCUT2D eigenvalue weighted by Crippen LogP contribution is -2.20. The molecule has 0 saturated carbocycles. The van der Waals surface area contributed by atoms with E-state index in [1.54, 1.807) is 37.3 Å². The van der Waals surface area contributed by atoms with Crippen molar-refractivity contribution in [2.45, 2.75) is 6.92 Å². The van der Waals surface area contributed by atoms with Crippen LogP contribution in [0.2, 0.25) is 10.0 Å². The van der Waals surface area contributed by atoms with E-state index in [9.17, 15) is 14.0 Å². The second-order valence-corrected chi connectivity index (χ2v) is 8.14. The Morgan fingerprint density at radius 3 is 2.62 bits per heavy atom. The van der Waals surface area contributed by atoms with Gasteiger partial charge in [-0.3, -0.25) is 14.6 Å². The fourth-order valence-corrected chi connectivity index (χ4v) is 3.80. The molecular weight excluding hydrogens is 484 g/mol. The fourth-order valence-electron chi connectivity index (χ4n) is 3.42. The number of nitrogens with zero attached hydrogens (tertiary/aromatic N) is 5. The van der Waals surface area contributed by atoms with Crippen molar-refractivity contribution in [2.75, 3.05) is 5.32 Å². The Morgan fingerprint density at radius 1 is 1.12 bits per heavy atom. The number of aromatic amines is 1. The monoisotopic (exact) mass is 497 g/mol. The van der Waals surface area contributed by atoms with Gasteiger partial charge in [-0.05, 0) is 43.3 Å². The maximum atomic E-state index is 14.2. The Labute approximate surface area is 200 Å². The van der Waals surface area contributed by atoms with E-state index >= 15 is 0 Å². The molecule has 0 atom stereocenters. The smallest absolute Gasteiger partial charge is 0.263 e. The topological polar surface area (TPSA) is 110 Å². The number of H-pyrrole nitrogens is 1. The van der Waals surface area contributed by atoms with Crippen LogP contribution in [0.5, 0.6) is 0 Å². The molecule has 3 aromatic heterocycles. The lowest BCUT2D eigenvalue weighted by molar-refractivity contribution is 0.102. The zero-order chi connectivity index (χ0) is 24.0. The molecule has 170 valence electrons. The van der Waals surface area contributed by atoms with Crippen molar-refractivity contribution in [3.8, 4) is 11.6 Å². The standard InChI is InChI=1S/C22H14Cl2FN7O2/c1-11-9-17(27-21(34)18-15(24)3-2-4-16(18)25)32(30-11)22-28-19-14(20(33)29-22)10-26-31(19)13-7-5-12(23)6-8-13/h2-10H,1H3,(H,27,34)(H,28,29,33). The highest BCUT2D eigenvalue weighted by Gasteiger charge is 2.20. The molecule has 0 fully saturated rings. The lowest BCUT2D eigenvalue weighted by atomic mass is 10.2. The SMILES string of the molecule is Cc1cc(NC(=O)c2c(F)cccc2Cl)n(-c2nc3c(cnn3-c3ccc(Cl)cc3)c(=O)[nH]2)n1. The maximum absolute atomic E-state index is 14.2. The van der Waals surface area contributed by atoms with Crippen LogP contribution >= 0.6 is 23.2 Å². The number of rotatable bonds is 4. The van der Waals surface area contributed by atoms with Crippen LogP contribution in [0.25, 0.3) is 22.7 Å². The number of hydrogen-bond donors (Lipinski definition) is 2. The number of aryl methyl sites for hydroxylation is 1. The van der Waals surface area contributed by atoms with Crippen LogP contribution in [0.3, 0.4) is 0 Å². The fraction of sp³-hybridized carbons (Fsp3) is 0.0455. The number of aromatic nitrogens is 6. The number of halogens is 3. The third-order valence-corrected chi connectivity index (χ3v) is 5.53. The summed E-state index contributed by atoms with van der Waals surface area (Å²) in [4.78, 5) is 32.7. The summed E-state index contributed by atoms with van der Waals surface area (Å²) < 4.78 is 16.9. The summed E-state index contributed by atoms with van der Waals surface area (Å²) in [6.45, 7) is 1.69. The van der Waals surface area contributed by atoms with E-state index in [1.165, 1.54) is 27.7 Å². The molecule has 1 amide bonds. The highest BCUT2D eigenvalue weighted by atomic mass is 35.5. The molecular formula is C22H14Cl2FN7O2. The normalized spacial score (nSPS) is 11.2. The molecule has 34 heavy (non-hydrogen) atoms. The Kier molecular flexibility index (Phi) is 5.39. The van der Waals surface area contributed by atoms with Crippen LogP contribution in [0.1, 0.15) is 16.1 Å². The van der Waals surface area contributed by atoms with E-state index < -0.39 is 17.3 Å². The van der Waals surface area contributed by atoms with E-state index in [-0.39, 0.29) is 33.4 Å². The Bertz CT molecular complexity index is 1600. The molecule has 5 rings (SSSR count). The molecule has 2 aromatic carbocycles. The van der Waals surface area contributed by atoms with Gasteiger partial charge in [0.25, 0.3) is 11.5 Å². The van der Waals surface area contributed by atoms with Crippen LogP contribution in [0.15, 0.2) is 59.5 Å². The van der Waals surface area contributed by atoms with Gasteiger partial charge in [-0.2, -0.15) is 19.9 Å². The average Bonchev–Trinajstić information content (AvgIpc) is 3.38. The third-order valence-electron chi connectivity index (χ3n) is 4.96. The first-order valence-corrected chi connectivity index (χ1v) is 10.6. The first kappa shape index (κ1) is 21.8. The van der Waals surface area contributed by atoms with E-state index in [4.69, 9.17) is 23.2 Å². The van der Waals surface area contributed by atoms with Crippen molar-refractivity contribution in [3.63, 3.8) is 0 Å². The summed E-state index contributed by atoms with van der Waals surface area (Å²) >= 11 is 12.0. The molecule has 0 aliphatic heterocycles. The van der Waals surface area contributed by atoms with Gasteiger partial charge in [-0.15, -0.1) is 0 Å². The molecule has 2 N–H and O–H groups in total. The summed E-state index contributed by atoms with van der Waals surface area (Å²) in [5.41, 5.74) is 0.658. The molecule has 9 nitrogen and oxygen atoms in total. The molecule has 0 radical (unpaired) electrons. The summed E-state index contributed by atoms with van der Waals surface area (Å²) in [6, 6.07) is 12.3. The first-order chi connectivity index (χ1) is 16.3. The number of carbonyl (C=O) groups is 1. The first-order valence-electron chi connectivity index (χ1n) is 9.88. The van der Waals surface area contributed by atoms with Gasteiger partial charge in [0.15, 0.2) is 5.65 Å². The maximum Gasteiger partial charge on any atom is 0.263 e. The summed E-state index contributed by atoms with van der Waals surface area (Å²) in [5, 5.41) is 11.9. The zero-order valence-corrected chi connectivity index (χ0v) is 18.9. The molecule has 0 unspecified atom stereocenters. The van der Waals surface area contributed by atoms with Crippen LogP contribution in [-0.4, -0.2) is 35.4 Å². The molecule has 5 aromatic rings. The Morgan fingerprint density at radius 2 is 1.88 bits per heavy atom. The molecule has 12 heteroatoms. The number of carbonyl (C=O) groups excluding carboxylic acids is 1.